The first-order chi connectivity index (χ1) is 11.3. The lowest BCUT2D eigenvalue weighted by Gasteiger charge is -2.20. The van der Waals surface area contributed by atoms with Crippen LogP contribution in [0.5, 0.6) is 0 Å². The van der Waals surface area contributed by atoms with Gasteiger partial charge in [-0.05, 0) is 37.5 Å². The fraction of sp³-hybridized carbons (Fsp3) is 0.278. The van der Waals surface area contributed by atoms with E-state index in [2.05, 4.69) is 10.6 Å². The Hall–Kier alpha value is -2.50. The third-order valence-electron chi connectivity index (χ3n) is 4.19. The molecule has 6 heteroatoms. The van der Waals surface area contributed by atoms with Crippen molar-refractivity contribution in [3.63, 3.8) is 0 Å². The molecule has 0 spiro atoms. The van der Waals surface area contributed by atoms with E-state index in [1.807, 2.05) is 31.2 Å². The number of aryl methyl sites for hydroxylation is 1. The van der Waals surface area contributed by atoms with Gasteiger partial charge in [-0.3, -0.25) is 0 Å². The maximum atomic E-state index is 13.0. The summed E-state index contributed by atoms with van der Waals surface area (Å²) in [6.07, 6.45) is -2.98. The second-order valence-corrected chi connectivity index (χ2v) is 6.07. The minimum Gasteiger partial charge on any atom is -0.328 e. The highest BCUT2D eigenvalue weighted by atomic mass is 19.4. The lowest BCUT2D eigenvalue weighted by Crippen LogP contribution is -2.38. The molecular formula is C18H17F3N2O. The summed E-state index contributed by atoms with van der Waals surface area (Å²) in [7, 11) is 0. The van der Waals surface area contributed by atoms with Crippen LogP contribution in [-0.4, -0.2) is 6.03 Å². The van der Waals surface area contributed by atoms with E-state index in [0.717, 1.165) is 30.0 Å². The molecule has 3 nitrogen and oxygen atoms in total. The number of carbonyl (C=O) groups excluding carboxylic acids is 1. The van der Waals surface area contributed by atoms with Crippen LogP contribution in [0.4, 0.5) is 23.7 Å². The summed E-state index contributed by atoms with van der Waals surface area (Å²) in [5, 5.41) is 5.14. The van der Waals surface area contributed by atoms with E-state index in [1.165, 1.54) is 18.2 Å². The third-order valence-corrected chi connectivity index (χ3v) is 4.19. The van der Waals surface area contributed by atoms with E-state index in [-0.39, 0.29) is 5.69 Å². The predicted octanol–water partition coefficient (Wildman–Crippen LogP) is 4.82. The van der Waals surface area contributed by atoms with Gasteiger partial charge in [0.15, 0.2) is 0 Å². The highest BCUT2D eigenvalue weighted by molar-refractivity contribution is 5.91. The molecule has 24 heavy (non-hydrogen) atoms. The summed E-state index contributed by atoms with van der Waals surface area (Å²) in [6.45, 7) is 1.97. The summed E-state index contributed by atoms with van der Waals surface area (Å²) < 4.78 is 38.9. The molecule has 0 unspecified atom stereocenters. The van der Waals surface area contributed by atoms with Crippen molar-refractivity contribution < 1.29 is 18.0 Å². The molecule has 3 rings (SSSR count). The maximum absolute atomic E-state index is 13.0. The van der Waals surface area contributed by atoms with Crippen molar-refractivity contribution in [3.8, 4) is 0 Å². The second kappa shape index (κ2) is 5.85. The molecule has 0 radical (unpaired) electrons. The molecule has 0 atom stereocenters. The van der Waals surface area contributed by atoms with E-state index in [9.17, 15) is 18.0 Å². The maximum Gasteiger partial charge on any atom is 0.418 e. The number of hydrogen-bond acceptors (Lipinski definition) is 1. The van der Waals surface area contributed by atoms with Gasteiger partial charge in [-0.15, -0.1) is 0 Å². The fourth-order valence-corrected chi connectivity index (χ4v) is 2.69. The largest absolute Gasteiger partial charge is 0.418 e. The molecule has 2 amide bonds. The Balaban J connectivity index is 1.74. The van der Waals surface area contributed by atoms with Gasteiger partial charge in [0.25, 0.3) is 0 Å². The molecule has 0 aromatic heterocycles. The topological polar surface area (TPSA) is 41.1 Å². The average Bonchev–Trinajstić information content (AvgIpc) is 3.28. The molecule has 2 aromatic rings. The van der Waals surface area contributed by atoms with Gasteiger partial charge in [0.1, 0.15) is 0 Å². The monoisotopic (exact) mass is 334 g/mol. The number of alkyl halides is 3. The van der Waals surface area contributed by atoms with Crippen molar-refractivity contribution in [1.29, 1.82) is 0 Å². The standard InChI is InChI=1S/C18H17F3N2O/c1-12-6-8-13(9-7-12)17(10-11-17)23-16(24)22-15-5-3-2-4-14(15)18(19,20)21/h2-9H,10-11H2,1H3,(H2,22,23,24). The van der Waals surface area contributed by atoms with Crippen LogP contribution in [0, 0.1) is 6.92 Å². The first-order valence-corrected chi connectivity index (χ1v) is 7.63. The van der Waals surface area contributed by atoms with E-state index < -0.39 is 23.3 Å². The number of rotatable bonds is 3. The molecule has 1 aliphatic rings. The van der Waals surface area contributed by atoms with Crippen molar-refractivity contribution >= 4 is 11.7 Å². The Bertz CT molecular complexity index is 750. The highest BCUT2D eigenvalue weighted by Gasteiger charge is 2.45. The molecule has 1 aliphatic carbocycles. The minimum atomic E-state index is -4.52. The van der Waals surface area contributed by atoms with Crippen molar-refractivity contribution in [1.82, 2.24) is 5.32 Å². The van der Waals surface area contributed by atoms with E-state index in [4.69, 9.17) is 0 Å². The second-order valence-electron chi connectivity index (χ2n) is 6.07. The molecule has 2 N–H and O–H groups in total. The van der Waals surface area contributed by atoms with Crippen LogP contribution in [0.1, 0.15) is 29.5 Å². The quantitative estimate of drug-likeness (QED) is 0.830. The van der Waals surface area contributed by atoms with E-state index >= 15 is 0 Å². The number of benzene rings is 2. The number of anilines is 1. The Labute approximate surface area is 137 Å². The average molecular weight is 334 g/mol. The van der Waals surface area contributed by atoms with Crippen LogP contribution >= 0.6 is 0 Å². The van der Waals surface area contributed by atoms with Crippen LogP contribution in [0.2, 0.25) is 0 Å². The van der Waals surface area contributed by atoms with Crippen LogP contribution in [0.15, 0.2) is 48.5 Å². The van der Waals surface area contributed by atoms with Gasteiger partial charge < -0.3 is 10.6 Å². The summed E-state index contributed by atoms with van der Waals surface area (Å²) in [6, 6.07) is 12.1. The summed E-state index contributed by atoms with van der Waals surface area (Å²) in [4.78, 5) is 12.2. The molecule has 1 fully saturated rings. The predicted molar refractivity (Wildman–Crippen MR) is 85.7 cm³/mol. The zero-order valence-electron chi connectivity index (χ0n) is 13.1. The Kier molecular flexibility index (Phi) is 3.99. The molecule has 126 valence electrons. The van der Waals surface area contributed by atoms with Gasteiger partial charge in [-0.2, -0.15) is 13.2 Å². The van der Waals surface area contributed by atoms with E-state index in [1.54, 1.807) is 0 Å². The Morgan fingerprint density at radius 1 is 1.04 bits per heavy atom. The highest BCUT2D eigenvalue weighted by Crippen LogP contribution is 2.45. The fourth-order valence-electron chi connectivity index (χ4n) is 2.69. The van der Waals surface area contributed by atoms with E-state index in [0.29, 0.717) is 0 Å². The Morgan fingerprint density at radius 2 is 1.67 bits per heavy atom. The zero-order valence-corrected chi connectivity index (χ0v) is 13.1. The number of urea groups is 1. The number of para-hydroxylation sites is 1. The number of carbonyl (C=O) groups is 1. The summed E-state index contributed by atoms with van der Waals surface area (Å²) in [5.41, 5.74) is 0.485. The van der Waals surface area contributed by atoms with Gasteiger partial charge in [-0.25, -0.2) is 4.79 Å². The van der Waals surface area contributed by atoms with Crippen molar-refractivity contribution in [3.05, 3.63) is 65.2 Å². The molecular weight excluding hydrogens is 317 g/mol. The first kappa shape index (κ1) is 16.4. The molecule has 0 saturated heterocycles. The van der Waals surface area contributed by atoms with Gasteiger partial charge in [0.2, 0.25) is 0 Å². The van der Waals surface area contributed by atoms with Gasteiger partial charge in [0, 0.05) is 0 Å². The van der Waals surface area contributed by atoms with Crippen LogP contribution in [0.25, 0.3) is 0 Å². The van der Waals surface area contributed by atoms with Crippen LogP contribution in [-0.2, 0) is 11.7 Å². The third kappa shape index (κ3) is 3.37. The molecule has 0 heterocycles. The van der Waals surface area contributed by atoms with Gasteiger partial charge >= 0.3 is 12.2 Å². The SMILES string of the molecule is Cc1ccc(C2(NC(=O)Nc3ccccc3C(F)(F)F)CC2)cc1. The molecule has 0 bridgehead atoms. The number of hydrogen-bond donors (Lipinski definition) is 2. The minimum absolute atomic E-state index is 0.248. The number of halogens is 3. The molecule has 2 aromatic carbocycles. The normalized spacial score (nSPS) is 15.7. The molecule has 0 aliphatic heterocycles. The van der Waals surface area contributed by atoms with Crippen molar-refractivity contribution in [2.45, 2.75) is 31.5 Å². The summed E-state index contributed by atoms with van der Waals surface area (Å²) in [5.74, 6) is 0. The smallest absolute Gasteiger partial charge is 0.328 e. The number of amides is 2. The van der Waals surface area contributed by atoms with Gasteiger partial charge in [-0.1, -0.05) is 42.0 Å². The van der Waals surface area contributed by atoms with Crippen LogP contribution in [0.3, 0.4) is 0 Å². The van der Waals surface area contributed by atoms with Gasteiger partial charge in [0.05, 0.1) is 16.8 Å². The summed E-state index contributed by atoms with van der Waals surface area (Å²) >= 11 is 0. The Morgan fingerprint density at radius 3 is 2.25 bits per heavy atom. The molecule has 1 saturated carbocycles. The van der Waals surface area contributed by atoms with Crippen molar-refractivity contribution in [2.75, 3.05) is 5.32 Å². The van der Waals surface area contributed by atoms with Crippen molar-refractivity contribution in [2.24, 2.45) is 0 Å². The first-order valence-electron chi connectivity index (χ1n) is 7.63. The van der Waals surface area contributed by atoms with Crippen LogP contribution < -0.4 is 10.6 Å². The lowest BCUT2D eigenvalue weighted by molar-refractivity contribution is -0.136. The number of nitrogens with one attached hydrogen (secondary N) is 2. The lowest BCUT2D eigenvalue weighted by atomic mass is 10.0. The zero-order chi connectivity index (χ0) is 17.4.